The maximum Gasteiger partial charge on any atom is 0.146 e. The Hall–Kier alpha value is -1.68. The normalized spacial score (nSPS) is 11.8. The van der Waals surface area contributed by atoms with Crippen LogP contribution in [-0.4, -0.2) is 25.7 Å². The topological polar surface area (TPSA) is 60.3 Å². The van der Waals surface area contributed by atoms with Gasteiger partial charge in [0.1, 0.15) is 11.5 Å². The number of hydrogen-bond acceptors (Lipinski definition) is 3. The molecule has 0 aliphatic carbocycles. The quantitative estimate of drug-likeness (QED) is 0.873. The summed E-state index contributed by atoms with van der Waals surface area (Å²) in [6.07, 6.45) is 2.00. The minimum Gasteiger partial charge on any atom is -0.497 e. The second-order valence-electron chi connectivity index (χ2n) is 5.04. The average molecular weight is 248 g/mol. The van der Waals surface area contributed by atoms with Crippen LogP contribution in [-0.2, 0) is 5.41 Å². The predicted molar refractivity (Wildman–Crippen MR) is 73.5 cm³/mol. The van der Waals surface area contributed by atoms with E-state index in [0.717, 1.165) is 22.4 Å². The van der Waals surface area contributed by atoms with E-state index in [1.165, 1.54) is 5.56 Å². The van der Waals surface area contributed by atoms with Gasteiger partial charge in [0.2, 0.25) is 0 Å². The highest BCUT2D eigenvalue weighted by Crippen LogP contribution is 2.36. The van der Waals surface area contributed by atoms with Crippen molar-refractivity contribution in [3.63, 3.8) is 0 Å². The third kappa shape index (κ3) is 1.93. The molecule has 0 saturated heterocycles. The van der Waals surface area contributed by atoms with Crippen molar-refractivity contribution in [1.29, 1.82) is 0 Å². The molecule has 1 aromatic carbocycles. The number of rotatable bonds is 4. The van der Waals surface area contributed by atoms with Crippen molar-refractivity contribution in [2.45, 2.75) is 19.3 Å². The van der Waals surface area contributed by atoms with E-state index in [1.54, 1.807) is 14.2 Å². The molecule has 0 unspecified atom stereocenters. The van der Waals surface area contributed by atoms with Crippen LogP contribution in [0.5, 0.6) is 11.5 Å². The molecule has 1 heterocycles. The molecule has 1 aromatic heterocycles. The SMILES string of the molecule is COc1cc(OC)c2[nH]cc(C(C)(C)CN)c2c1. The van der Waals surface area contributed by atoms with Crippen molar-refractivity contribution in [3.05, 3.63) is 23.9 Å². The number of hydrogen-bond donors (Lipinski definition) is 2. The molecule has 2 aromatic rings. The zero-order valence-electron chi connectivity index (χ0n) is 11.3. The number of benzene rings is 1. The molecule has 98 valence electrons. The van der Waals surface area contributed by atoms with Gasteiger partial charge in [-0.25, -0.2) is 0 Å². The summed E-state index contributed by atoms with van der Waals surface area (Å²) < 4.78 is 10.7. The predicted octanol–water partition coefficient (Wildman–Crippen LogP) is 2.42. The first-order valence-electron chi connectivity index (χ1n) is 5.97. The third-order valence-corrected chi connectivity index (χ3v) is 3.42. The molecule has 4 nitrogen and oxygen atoms in total. The van der Waals surface area contributed by atoms with E-state index >= 15 is 0 Å². The first kappa shape index (κ1) is 12.8. The summed E-state index contributed by atoms with van der Waals surface area (Å²) in [5, 5.41) is 1.10. The Labute approximate surface area is 107 Å². The van der Waals surface area contributed by atoms with Crippen LogP contribution >= 0.6 is 0 Å². The van der Waals surface area contributed by atoms with Gasteiger partial charge in [0.25, 0.3) is 0 Å². The van der Waals surface area contributed by atoms with Gasteiger partial charge in [-0.2, -0.15) is 0 Å². The van der Waals surface area contributed by atoms with Gasteiger partial charge in [0.05, 0.1) is 19.7 Å². The van der Waals surface area contributed by atoms with Crippen LogP contribution in [0.3, 0.4) is 0 Å². The summed E-state index contributed by atoms with van der Waals surface area (Å²) in [5.74, 6) is 1.57. The highest BCUT2D eigenvalue weighted by molar-refractivity contribution is 5.90. The number of nitrogens with one attached hydrogen (secondary N) is 1. The fourth-order valence-electron chi connectivity index (χ4n) is 2.12. The van der Waals surface area contributed by atoms with Crippen molar-refractivity contribution >= 4 is 10.9 Å². The number of fused-ring (bicyclic) bond motifs is 1. The van der Waals surface area contributed by atoms with Gasteiger partial charge < -0.3 is 20.2 Å². The number of aromatic nitrogens is 1. The fraction of sp³-hybridized carbons (Fsp3) is 0.429. The molecule has 0 amide bonds. The minimum absolute atomic E-state index is 0.0877. The first-order chi connectivity index (χ1) is 8.53. The Kier molecular flexibility index (Phi) is 3.22. The Balaban J connectivity index is 2.71. The van der Waals surface area contributed by atoms with E-state index in [4.69, 9.17) is 15.2 Å². The molecule has 0 fully saturated rings. The Bertz CT molecular complexity index is 558. The van der Waals surface area contributed by atoms with Gasteiger partial charge in [0, 0.05) is 29.6 Å². The summed E-state index contributed by atoms with van der Waals surface area (Å²) >= 11 is 0. The largest absolute Gasteiger partial charge is 0.497 e. The molecule has 0 aliphatic rings. The van der Waals surface area contributed by atoms with Crippen molar-refractivity contribution < 1.29 is 9.47 Å². The third-order valence-electron chi connectivity index (χ3n) is 3.42. The van der Waals surface area contributed by atoms with Crippen molar-refractivity contribution in [2.24, 2.45) is 5.73 Å². The fourth-order valence-corrected chi connectivity index (χ4v) is 2.12. The van der Waals surface area contributed by atoms with Gasteiger partial charge in [-0.15, -0.1) is 0 Å². The van der Waals surface area contributed by atoms with E-state index in [9.17, 15) is 0 Å². The zero-order valence-corrected chi connectivity index (χ0v) is 11.3. The van der Waals surface area contributed by atoms with Crippen LogP contribution in [0.2, 0.25) is 0 Å². The maximum atomic E-state index is 5.85. The van der Waals surface area contributed by atoms with Crippen LogP contribution in [0, 0.1) is 0 Å². The van der Waals surface area contributed by atoms with Crippen LogP contribution in [0.25, 0.3) is 10.9 Å². The monoisotopic (exact) mass is 248 g/mol. The molecular formula is C14H20N2O2. The lowest BCUT2D eigenvalue weighted by molar-refractivity contribution is 0.397. The smallest absolute Gasteiger partial charge is 0.146 e. The molecule has 0 radical (unpaired) electrons. The zero-order chi connectivity index (χ0) is 13.3. The summed E-state index contributed by atoms with van der Waals surface area (Å²) in [6, 6.07) is 3.89. The van der Waals surface area contributed by atoms with E-state index in [-0.39, 0.29) is 5.41 Å². The molecule has 0 bridgehead atoms. The van der Waals surface area contributed by atoms with Crippen LogP contribution in [0.1, 0.15) is 19.4 Å². The van der Waals surface area contributed by atoms with Crippen molar-refractivity contribution in [3.8, 4) is 11.5 Å². The number of nitrogens with two attached hydrogens (primary N) is 1. The lowest BCUT2D eigenvalue weighted by Crippen LogP contribution is -2.27. The first-order valence-corrected chi connectivity index (χ1v) is 5.97. The van der Waals surface area contributed by atoms with Crippen LogP contribution in [0.15, 0.2) is 18.3 Å². The van der Waals surface area contributed by atoms with Gasteiger partial charge in [-0.05, 0) is 11.6 Å². The van der Waals surface area contributed by atoms with Crippen LogP contribution in [0.4, 0.5) is 0 Å². The molecule has 3 N–H and O–H groups in total. The van der Waals surface area contributed by atoms with E-state index in [0.29, 0.717) is 6.54 Å². The highest BCUT2D eigenvalue weighted by Gasteiger charge is 2.23. The molecule has 0 spiro atoms. The van der Waals surface area contributed by atoms with Gasteiger partial charge in [-0.1, -0.05) is 13.8 Å². The second-order valence-corrected chi connectivity index (χ2v) is 5.04. The van der Waals surface area contributed by atoms with E-state index in [1.807, 2.05) is 18.3 Å². The molecule has 0 saturated carbocycles. The summed E-state index contributed by atoms with van der Waals surface area (Å²) in [4.78, 5) is 3.26. The van der Waals surface area contributed by atoms with Gasteiger partial charge >= 0.3 is 0 Å². The van der Waals surface area contributed by atoms with Gasteiger partial charge in [0.15, 0.2) is 0 Å². The lowest BCUT2D eigenvalue weighted by Gasteiger charge is -2.22. The summed E-state index contributed by atoms with van der Waals surface area (Å²) in [5.41, 5.74) is 7.92. The van der Waals surface area contributed by atoms with E-state index in [2.05, 4.69) is 18.8 Å². The molecule has 2 rings (SSSR count). The van der Waals surface area contributed by atoms with Gasteiger partial charge in [-0.3, -0.25) is 0 Å². The Morgan fingerprint density at radius 2 is 1.94 bits per heavy atom. The van der Waals surface area contributed by atoms with Crippen LogP contribution < -0.4 is 15.2 Å². The van der Waals surface area contributed by atoms with E-state index < -0.39 is 0 Å². The average Bonchev–Trinajstić information content (AvgIpc) is 2.81. The number of H-pyrrole nitrogens is 1. The second kappa shape index (κ2) is 4.53. The molecule has 0 atom stereocenters. The summed E-state index contributed by atoms with van der Waals surface area (Å²) in [7, 11) is 3.31. The minimum atomic E-state index is -0.0877. The standard InChI is InChI=1S/C14H20N2O2/c1-14(2,8-15)11-7-16-13-10(11)5-9(17-3)6-12(13)18-4/h5-7,16H,8,15H2,1-4H3. The highest BCUT2D eigenvalue weighted by atomic mass is 16.5. The van der Waals surface area contributed by atoms with Crippen molar-refractivity contribution in [2.75, 3.05) is 20.8 Å². The number of ether oxygens (including phenoxy) is 2. The number of aromatic amines is 1. The molecule has 18 heavy (non-hydrogen) atoms. The Morgan fingerprint density at radius 1 is 1.22 bits per heavy atom. The Morgan fingerprint density at radius 3 is 2.50 bits per heavy atom. The summed E-state index contributed by atoms with van der Waals surface area (Å²) in [6.45, 7) is 4.84. The van der Waals surface area contributed by atoms with Crippen molar-refractivity contribution in [1.82, 2.24) is 4.98 Å². The lowest BCUT2D eigenvalue weighted by atomic mass is 9.84. The molecular weight excluding hydrogens is 228 g/mol. The number of methoxy groups -OCH3 is 2. The maximum absolute atomic E-state index is 5.85. The molecule has 4 heteroatoms. The molecule has 0 aliphatic heterocycles.